The number of rotatable bonds is 4. The zero-order valence-electron chi connectivity index (χ0n) is 18.1. The molecule has 0 bridgehead atoms. The standard InChI is InChI=1S/C25H23N3O3.ClH/c1-4-31-25(30)27-18-11-9-17(10-12-18)24-22-8-6-5-7-20(22)21-14-13-19(26-16(2)29)15-23(21)28(24)3;/h5-15H,4H2,1-3H3,(H,26,27,29,30);1H. The Kier molecular flexibility index (Phi) is 6.95. The van der Waals surface area contributed by atoms with E-state index in [0.29, 0.717) is 12.3 Å². The molecule has 0 unspecified atom stereocenters. The van der Waals surface area contributed by atoms with Gasteiger partial charge in [-0.05, 0) is 49.4 Å². The molecule has 0 atom stereocenters. The van der Waals surface area contributed by atoms with Crippen LogP contribution in [0.25, 0.3) is 32.9 Å². The Labute approximate surface area is 192 Å². The first kappa shape index (κ1) is 23.0. The monoisotopic (exact) mass is 449 g/mol. The minimum atomic E-state index is -0.470. The van der Waals surface area contributed by atoms with Crippen molar-refractivity contribution >= 4 is 45.1 Å². The average Bonchev–Trinajstić information content (AvgIpc) is 2.75. The van der Waals surface area contributed by atoms with Crippen LogP contribution in [0, 0.1) is 0 Å². The van der Waals surface area contributed by atoms with Crippen molar-refractivity contribution in [2.75, 3.05) is 17.2 Å². The number of carbonyl (C=O) groups is 2. The van der Waals surface area contributed by atoms with Crippen molar-refractivity contribution in [1.29, 1.82) is 0 Å². The number of benzene rings is 3. The summed E-state index contributed by atoms with van der Waals surface area (Å²) in [4.78, 5) is 23.2. The normalized spacial score (nSPS) is 10.5. The van der Waals surface area contributed by atoms with Gasteiger partial charge in [-0.1, -0.05) is 18.2 Å². The summed E-state index contributed by atoms with van der Waals surface area (Å²) in [6, 6.07) is 21.9. The van der Waals surface area contributed by atoms with Crippen LogP contribution in [-0.4, -0.2) is 18.6 Å². The van der Waals surface area contributed by atoms with Gasteiger partial charge in [0.1, 0.15) is 7.05 Å². The molecular weight excluding hydrogens is 426 g/mol. The molecule has 3 aromatic carbocycles. The second-order valence-corrected chi connectivity index (χ2v) is 7.29. The number of carbonyl (C=O) groups excluding carboxylic acids is 2. The average molecular weight is 450 g/mol. The SMILES string of the molecule is CCOC(=O)Nc1ccc(-c2c3ccccc3c3ccc(NC(C)=O)cc3[n+]2C)cc1.[Cl-]. The van der Waals surface area contributed by atoms with Gasteiger partial charge in [0.2, 0.25) is 17.1 Å². The molecule has 0 spiro atoms. The summed E-state index contributed by atoms with van der Waals surface area (Å²) >= 11 is 0. The third-order valence-corrected chi connectivity index (χ3v) is 5.17. The number of aromatic nitrogens is 1. The molecule has 32 heavy (non-hydrogen) atoms. The smallest absolute Gasteiger partial charge is 0.411 e. The van der Waals surface area contributed by atoms with Crippen LogP contribution in [0.5, 0.6) is 0 Å². The Bertz CT molecular complexity index is 1300. The zero-order valence-corrected chi connectivity index (χ0v) is 18.9. The first-order valence-corrected chi connectivity index (χ1v) is 10.1. The van der Waals surface area contributed by atoms with Gasteiger partial charge in [0.15, 0.2) is 0 Å². The van der Waals surface area contributed by atoms with Crippen molar-refractivity contribution in [1.82, 2.24) is 0 Å². The molecule has 0 fully saturated rings. The highest BCUT2D eigenvalue weighted by Gasteiger charge is 2.21. The molecule has 6 nitrogen and oxygen atoms in total. The lowest BCUT2D eigenvalue weighted by atomic mass is 9.99. The van der Waals surface area contributed by atoms with Crippen LogP contribution in [-0.2, 0) is 16.6 Å². The fourth-order valence-corrected chi connectivity index (χ4v) is 3.89. The van der Waals surface area contributed by atoms with Gasteiger partial charge in [-0.25, -0.2) is 4.79 Å². The maximum Gasteiger partial charge on any atom is 0.411 e. The summed E-state index contributed by atoms with van der Waals surface area (Å²) in [5, 5.41) is 8.95. The van der Waals surface area contributed by atoms with Gasteiger partial charge in [-0.2, -0.15) is 4.57 Å². The van der Waals surface area contributed by atoms with Gasteiger partial charge < -0.3 is 22.5 Å². The van der Waals surface area contributed by atoms with Gasteiger partial charge in [0.05, 0.1) is 17.4 Å². The number of halogens is 1. The number of hydrogen-bond acceptors (Lipinski definition) is 3. The topological polar surface area (TPSA) is 71.3 Å². The molecule has 0 radical (unpaired) electrons. The maximum absolute atomic E-state index is 11.7. The van der Waals surface area contributed by atoms with Crippen LogP contribution in [0.1, 0.15) is 13.8 Å². The van der Waals surface area contributed by atoms with Gasteiger partial charge in [-0.15, -0.1) is 0 Å². The van der Waals surface area contributed by atoms with Crippen LogP contribution in [0.2, 0.25) is 0 Å². The molecule has 4 aromatic rings. The van der Waals surface area contributed by atoms with Crippen LogP contribution in [0.3, 0.4) is 0 Å². The second-order valence-electron chi connectivity index (χ2n) is 7.29. The number of anilines is 2. The van der Waals surface area contributed by atoms with Gasteiger partial charge in [0.25, 0.3) is 0 Å². The molecule has 7 heteroatoms. The second kappa shape index (κ2) is 9.66. The zero-order chi connectivity index (χ0) is 22.0. The fraction of sp³-hybridized carbons (Fsp3) is 0.160. The van der Waals surface area contributed by atoms with Crippen LogP contribution in [0.15, 0.2) is 66.7 Å². The van der Waals surface area contributed by atoms with E-state index < -0.39 is 6.09 Å². The van der Waals surface area contributed by atoms with Crippen molar-refractivity contribution in [3.8, 4) is 11.3 Å². The molecule has 1 heterocycles. The summed E-state index contributed by atoms with van der Waals surface area (Å²) in [7, 11) is 2.02. The maximum atomic E-state index is 11.7. The molecule has 0 aliphatic rings. The molecule has 164 valence electrons. The van der Waals surface area contributed by atoms with Crippen molar-refractivity contribution in [2.45, 2.75) is 13.8 Å². The fourth-order valence-electron chi connectivity index (χ4n) is 3.89. The minimum Gasteiger partial charge on any atom is -1.00 e. The first-order valence-electron chi connectivity index (χ1n) is 10.1. The highest BCUT2D eigenvalue weighted by Crippen LogP contribution is 2.32. The third kappa shape index (κ3) is 4.50. The number of aryl methyl sites for hydroxylation is 1. The summed E-state index contributed by atoms with van der Waals surface area (Å²) in [5.41, 5.74) is 4.49. The lowest BCUT2D eigenvalue weighted by Gasteiger charge is -2.11. The van der Waals surface area contributed by atoms with E-state index in [1.54, 1.807) is 6.92 Å². The number of pyridine rings is 1. The Morgan fingerprint density at radius 3 is 2.19 bits per heavy atom. The molecule has 0 aliphatic carbocycles. The Morgan fingerprint density at radius 1 is 0.875 bits per heavy atom. The summed E-state index contributed by atoms with van der Waals surface area (Å²) in [6.45, 7) is 3.59. The number of fused-ring (bicyclic) bond motifs is 3. The molecule has 2 N–H and O–H groups in total. The van der Waals surface area contributed by atoms with E-state index in [1.807, 2.05) is 61.6 Å². The molecule has 0 saturated carbocycles. The number of ether oxygens (including phenoxy) is 1. The number of nitrogens with one attached hydrogen (secondary N) is 2. The lowest BCUT2D eigenvalue weighted by Crippen LogP contribution is -3.00. The van der Waals surface area contributed by atoms with Crippen LogP contribution in [0.4, 0.5) is 16.2 Å². The first-order chi connectivity index (χ1) is 15.0. The van der Waals surface area contributed by atoms with Crippen LogP contribution < -0.4 is 27.6 Å². The predicted octanol–water partition coefficient (Wildman–Crippen LogP) is 2.02. The minimum absolute atomic E-state index is 0. The molecule has 0 aliphatic heterocycles. The number of nitrogens with zero attached hydrogens (tertiary/aromatic N) is 1. The Morgan fingerprint density at radius 2 is 1.53 bits per heavy atom. The van der Waals surface area contributed by atoms with E-state index in [-0.39, 0.29) is 18.3 Å². The molecular formula is C25H24ClN3O3. The lowest BCUT2D eigenvalue weighted by molar-refractivity contribution is -0.632. The van der Waals surface area contributed by atoms with Crippen molar-refractivity contribution in [3.05, 3.63) is 66.7 Å². The quantitative estimate of drug-likeness (QED) is 0.370. The number of amides is 2. The van der Waals surface area contributed by atoms with Gasteiger partial charge >= 0.3 is 6.09 Å². The molecule has 4 rings (SSSR count). The van der Waals surface area contributed by atoms with E-state index in [2.05, 4.69) is 27.3 Å². The number of hydrogen-bond donors (Lipinski definition) is 2. The summed E-state index contributed by atoms with van der Waals surface area (Å²) in [6.07, 6.45) is -0.470. The molecule has 0 saturated heterocycles. The van der Waals surface area contributed by atoms with E-state index in [1.165, 1.54) is 6.92 Å². The highest BCUT2D eigenvalue weighted by molar-refractivity contribution is 6.09. The predicted molar refractivity (Wildman–Crippen MR) is 123 cm³/mol. The Balaban J connectivity index is 0.00000289. The third-order valence-electron chi connectivity index (χ3n) is 5.17. The summed E-state index contributed by atoms with van der Waals surface area (Å²) < 4.78 is 7.08. The van der Waals surface area contributed by atoms with E-state index in [4.69, 9.17) is 4.74 Å². The van der Waals surface area contributed by atoms with E-state index in [0.717, 1.165) is 38.6 Å². The highest BCUT2D eigenvalue weighted by atomic mass is 35.5. The van der Waals surface area contributed by atoms with Crippen molar-refractivity contribution < 1.29 is 31.3 Å². The van der Waals surface area contributed by atoms with Crippen molar-refractivity contribution in [2.24, 2.45) is 7.05 Å². The van der Waals surface area contributed by atoms with Gasteiger partial charge in [-0.3, -0.25) is 10.1 Å². The molecule has 2 amide bonds. The van der Waals surface area contributed by atoms with Crippen molar-refractivity contribution in [3.63, 3.8) is 0 Å². The van der Waals surface area contributed by atoms with E-state index in [9.17, 15) is 9.59 Å². The van der Waals surface area contributed by atoms with Gasteiger partial charge in [0, 0.05) is 35.3 Å². The largest absolute Gasteiger partial charge is 1.00 e. The van der Waals surface area contributed by atoms with Crippen LogP contribution >= 0.6 is 0 Å². The Hall–Kier alpha value is -3.64. The summed E-state index contributed by atoms with van der Waals surface area (Å²) in [5.74, 6) is -0.104. The van der Waals surface area contributed by atoms with E-state index >= 15 is 0 Å². The molecule has 1 aromatic heterocycles.